The lowest BCUT2D eigenvalue weighted by Gasteiger charge is -2.15. The number of nitrogens with zero attached hydrogens (tertiary/aromatic N) is 1. The Morgan fingerprint density at radius 3 is 2.37 bits per heavy atom. The van der Waals surface area contributed by atoms with Crippen LogP contribution in [0.3, 0.4) is 0 Å². The fraction of sp³-hybridized carbons (Fsp3) is 0.0833. The number of hydrogen-bond donors (Lipinski definition) is 0. The maximum Gasteiger partial charge on any atom is 0.511 e. The second-order valence-electron chi connectivity index (χ2n) is 3.94. The van der Waals surface area contributed by atoms with E-state index in [1.54, 1.807) is 0 Å². The minimum Gasteiger partial charge on any atom is -0.487 e. The second kappa shape index (κ2) is 5.30. The maximum absolute atomic E-state index is 12.7. The van der Waals surface area contributed by atoms with Crippen LogP contribution in [0.1, 0.15) is 5.56 Å². The molecular weight excluding hydrogens is 261 g/mol. The predicted molar refractivity (Wildman–Crippen MR) is 63.7 cm³/mol. The highest BCUT2D eigenvalue weighted by Crippen LogP contribution is 2.14. The van der Waals surface area contributed by atoms with Gasteiger partial charge in [0, 0.05) is 6.20 Å². The molecule has 0 aliphatic heterocycles. The molecule has 0 spiro atoms. The van der Waals surface area contributed by atoms with Crippen molar-refractivity contribution >= 4 is 12.4 Å². The molecule has 0 aliphatic rings. The smallest absolute Gasteiger partial charge is 0.487 e. The maximum atomic E-state index is 12.7. The first-order valence-corrected chi connectivity index (χ1v) is 5.47. The summed E-state index contributed by atoms with van der Waals surface area (Å²) in [6.07, 6.45) is 1.96. The highest BCUT2D eigenvalue weighted by molar-refractivity contribution is 6.73. The first kappa shape index (κ1) is 13.4. The van der Waals surface area contributed by atoms with Gasteiger partial charge in [0.15, 0.2) is 0 Å². The van der Waals surface area contributed by atoms with Crippen molar-refractivity contribution in [1.29, 1.82) is 0 Å². The number of pyridine rings is 1. The average molecular weight is 270 g/mol. The van der Waals surface area contributed by atoms with E-state index in [-0.39, 0.29) is 18.2 Å². The number of aromatic nitrogens is 1. The Hall–Kier alpha value is -2.05. The lowest BCUT2D eigenvalue weighted by Crippen LogP contribution is -2.34. The molecule has 0 amide bonds. The molecular formula is C12H9BF4NO-. The third-order valence-corrected chi connectivity index (χ3v) is 2.43. The van der Waals surface area contributed by atoms with E-state index in [1.165, 1.54) is 30.5 Å². The van der Waals surface area contributed by atoms with E-state index in [0.29, 0.717) is 5.56 Å². The van der Waals surface area contributed by atoms with Crippen LogP contribution in [-0.4, -0.2) is 12.0 Å². The minimum atomic E-state index is -5.09. The molecule has 0 unspecified atom stereocenters. The van der Waals surface area contributed by atoms with Gasteiger partial charge < -0.3 is 17.7 Å². The summed E-state index contributed by atoms with van der Waals surface area (Å²) in [5.74, 6) is -0.354. The van der Waals surface area contributed by atoms with Gasteiger partial charge in [-0.05, 0) is 23.8 Å². The zero-order chi connectivity index (χ0) is 13.9. The predicted octanol–water partition coefficient (Wildman–Crippen LogP) is 2.85. The van der Waals surface area contributed by atoms with Gasteiger partial charge in [0.05, 0.1) is 6.20 Å². The molecule has 0 atom stereocenters. The van der Waals surface area contributed by atoms with Crippen molar-refractivity contribution in [2.75, 3.05) is 0 Å². The molecule has 0 fully saturated rings. The summed E-state index contributed by atoms with van der Waals surface area (Å²) < 4.78 is 55.4. The van der Waals surface area contributed by atoms with Crippen molar-refractivity contribution in [2.45, 2.75) is 6.61 Å². The number of hydrogen-bond acceptors (Lipinski definition) is 2. The molecule has 2 aromatic rings. The van der Waals surface area contributed by atoms with E-state index in [4.69, 9.17) is 4.74 Å². The zero-order valence-corrected chi connectivity index (χ0v) is 9.69. The minimum absolute atomic E-state index is 0.0287. The average Bonchev–Trinajstić information content (AvgIpc) is 2.37. The summed E-state index contributed by atoms with van der Waals surface area (Å²) in [5, 5.41) is 0. The molecule has 2 nitrogen and oxygen atoms in total. The zero-order valence-electron chi connectivity index (χ0n) is 9.69. The molecule has 1 heterocycles. The van der Waals surface area contributed by atoms with Crippen molar-refractivity contribution < 1.29 is 22.1 Å². The SMILES string of the molecule is Fc1ccc(COc2cncc([B-](F)(F)F)c2)cc1. The number of halogens is 4. The van der Waals surface area contributed by atoms with Crippen LogP contribution in [0.2, 0.25) is 0 Å². The van der Waals surface area contributed by atoms with Gasteiger partial charge >= 0.3 is 6.98 Å². The lowest BCUT2D eigenvalue weighted by molar-refractivity contribution is 0.305. The summed E-state index contributed by atoms with van der Waals surface area (Å²) in [6, 6.07) is 6.41. The van der Waals surface area contributed by atoms with Gasteiger partial charge in [-0.25, -0.2) is 4.39 Å². The molecule has 7 heteroatoms. The van der Waals surface area contributed by atoms with Gasteiger partial charge in [0.2, 0.25) is 0 Å². The fourth-order valence-electron chi connectivity index (χ4n) is 1.44. The van der Waals surface area contributed by atoms with E-state index in [0.717, 1.165) is 12.3 Å². The first-order valence-electron chi connectivity index (χ1n) is 5.47. The van der Waals surface area contributed by atoms with Gasteiger partial charge in [-0.2, -0.15) is 0 Å². The highest BCUT2D eigenvalue weighted by atomic mass is 19.4. The normalized spacial score (nSPS) is 11.4. The van der Waals surface area contributed by atoms with E-state index in [1.807, 2.05) is 0 Å². The van der Waals surface area contributed by atoms with Crippen LogP contribution >= 0.6 is 0 Å². The van der Waals surface area contributed by atoms with Crippen LogP contribution in [0.15, 0.2) is 42.7 Å². The van der Waals surface area contributed by atoms with E-state index in [9.17, 15) is 17.3 Å². The molecule has 0 bridgehead atoms. The quantitative estimate of drug-likeness (QED) is 0.629. The van der Waals surface area contributed by atoms with Gasteiger partial charge in [-0.1, -0.05) is 17.6 Å². The molecule has 100 valence electrons. The second-order valence-corrected chi connectivity index (χ2v) is 3.94. The summed E-state index contributed by atoms with van der Waals surface area (Å²) >= 11 is 0. The Bertz CT molecular complexity index is 556. The van der Waals surface area contributed by atoms with Crippen molar-refractivity contribution in [1.82, 2.24) is 4.98 Å². The Morgan fingerprint density at radius 1 is 1.05 bits per heavy atom. The number of benzene rings is 1. The van der Waals surface area contributed by atoms with Crippen LogP contribution < -0.4 is 10.2 Å². The topological polar surface area (TPSA) is 22.1 Å². The van der Waals surface area contributed by atoms with Gasteiger partial charge in [0.1, 0.15) is 18.2 Å². The van der Waals surface area contributed by atoms with Crippen LogP contribution in [0.25, 0.3) is 0 Å². The van der Waals surface area contributed by atoms with E-state index >= 15 is 0 Å². The molecule has 2 rings (SSSR count). The van der Waals surface area contributed by atoms with Gasteiger partial charge in [-0.3, -0.25) is 4.98 Å². The van der Waals surface area contributed by atoms with Crippen LogP contribution in [0.5, 0.6) is 5.75 Å². The first-order chi connectivity index (χ1) is 8.95. The summed E-state index contributed by atoms with van der Waals surface area (Å²) in [6.45, 7) is -5.04. The van der Waals surface area contributed by atoms with Crippen molar-refractivity contribution in [3.05, 3.63) is 54.1 Å². The fourth-order valence-corrected chi connectivity index (χ4v) is 1.44. The number of ether oxygens (including phenoxy) is 1. The van der Waals surface area contributed by atoms with Crippen molar-refractivity contribution in [3.8, 4) is 5.75 Å². The van der Waals surface area contributed by atoms with Crippen molar-refractivity contribution in [2.24, 2.45) is 0 Å². The Kier molecular flexibility index (Phi) is 3.73. The largest absolute Gasteiger partial charge is 0.511 e. The highest BCUT2D eigenvalue weighted by Gasteiger charge is 2.26. The molecule has 0 radical (unpaired) electrons. The van der Waals surface area contributed by atoms with Crippen molar-refractivity contribution in [3.63, 3.8) is 0 Å². The Morgan fingerprint density at radius 2 is 1.74 bits per heavy atom. The third-order valence-electron chi connectivity index (χ3n) is 2.43. The Labute approximate surface area is 107 Å². The summed E-state index contributed by atoms with van der Waals surface area (Å²) in [5.41, 5.74) is -0.152. The molecule has 1 aromatic heterocycles. The molecule has 0 saturated carbocycles. The Balaban J connectivity index is 2.05. The lowest BCUT2D eigenvalue weighted by atomic mass is 9.81. The summed E-state index contributed by atoms with van der Waals surface area (Å²) in [4.78, 5) is 3.49. The van der Waals surface area contributed by atoms with Gasteiger partial charge in [0.25, 0.3) is 0 Å². The summed E-state index contributed by atoms with van der Waals surface area (Å²) in [7, 11) is 0. The third kappa shape index (κ3) is 3.71. The molecule has 0 aliphatic carbocycles. The van der Waals surface area contributed by atoms with Crippen LogP contribution in [-0.2, 0) is 6.61 Å². The van der Waals surface area contributed by atoms with Crippen LogP contribution in [0, 0.1) is 5.82 Å². The monoisotopic (exact) mass is 270 g/mol. The molecule has 1 aromatic carbocycles. The molecule has 0 saturated heterocycles. The van der Waals surface area contributed by atoms with E-state index < -0.39 is 12.4 Å². The molecule has 19 heavy (non-hydrogen) atoms. The van der Waals surface area contributed by atoms with Crippen LogP contribution in [0.4, 0.5) is 17.3 Å². The van der Waals surface area contributed by atoms with E-state index in [2.05, 4.69) is 4.98 Å². The van der Waals surface area contributed by atoms with Gasteiger partial charge in [-0.15, -0.1) is 0 Å². The number of rotatable bonds is 4. The molecule has 0 N–H and O–H groups in total. The standard InChI is InChI=1S/C12H9BF4NO/c14-11-3-1-9(2-4-11)8-19-12-5-10(6-18-7-12)13(15,16)17/h1-7H,8H2/q-1.